The van der Waals surface area contributed by atoms with Gasteiger partial charge < -0.3 is 0 Å². The lowest BCUT2D eigenvalue weighted by atomic mass is 9.92. The van der Waals surface area contributed by atoms with Gasteiger partial charge in [0.1, 0.15) is 0 Å². The highest BCUT2D eigenvalue weighted by Gasteiger charge is 2.16. The summed E-state index contributed by atoms with van der Waals surface area (Å²) >= 11 is 0. The average Bonchev–Trinajstić information content (AvgIpc) is 3.21. The minimum atomic E-state index is 0.631. The van der Waals surface area contributed by atoms with Gasteiger partial charge in [0, 0.05) is 38.4 Å². The average molecular weight is 639 g/mol. The molecule has 0 amide bonds. The normalized spacial score (nSPS) is 11.2. The van der Waals surface area contributed by atoms with Gasteiger partial charge in [0.05, 0.1) is 11.2 Å². The Labute approximate surface area is 290 Å². The zero-order valence-corrected chi connectivity index (χ0v) is 27.1. The summed E-state index contributed by atoms with van der Waals surface area (Å²) in [6.07, 6.45) is 0. The van der Waals surface area contributed by atoms with E-state index in [4.69, 9.17) is 19.9 Å². The van der Waals surface area contributed by atoms with Gasteiger partial charge in [0.25, 0.3) is 0 Å². The van der Waals surface area contributed by atoms with Crippen molar-refractivity contribution in [3.05, 3.63) is 182 Å². The van der Waals surface area contributed by atoms with Crippen molar-refractivity contribution in [1.82, 2.24) is 19.9 Å². The van der Waals surface area contributed by atoms with E-state index in [1.807, 2.05) is 42.5 Å². The van der Waals surface area contributed by atoms with Crippen LogP contribution in [0, 0.1) is 0 Å². The number of benzene rings is 7. The van der Waals surface area contributed by atoms with Crippen LogP contribution in [0.3, 0.4) is 0 Å². The SMILES string of the molecule is c1ccc(-c2ccc(-c3nc(-c4ccccc4)nc(-c4ccc(-c5cccc6c(-c7ccccc7)nc7ccccc7c56)cc4)n3)cc2)cc1. The van der Waals surface area contributed by atoms with Crippen molar-refractivity contribution in [2.24, 2.45) is 0 Å². The van der Waals surface area contributed by atoms with Gasteiger partial charge in [0.2, 0.25) is 0 Å². The second kappa shape index (κ2) is 12.7. The lowest BCUT2D eigenvalue weighted by Gasteiger charge is -2.14. The fourth-order valence-electron chi connectivity index (χ4n) is 6.65. The Morgan fingerprint density at radius 2 is 0.680 bits per heavy atom. The Kier molecular flexibility index (Phi) is 7.45. The number of pyridine rings is 1. The van der Waals surface area contributed by atoms with Crippen LogP contribution < -0.4 is 0 Å². The predicted octanol–water partition coefficient (Wildman–Crippen LogP) is 11.6. The number of hydrogen-bond donors (Lipinski definition) is 0. The molecule has 7 aromatic carbocycles. The van der Waals surface area contributed by atoms with Crippen LogP contribution in [0.1, 0.15) is 0 Å². The Hall–Kier alpha value is -6.78. The third-order valence-electron chi connectivity index (χ3n) is 9.14. The van der Waals surface area contributed by atoms with Crippen LogP contribution in [0.25, 0.3) is 89.4 Å². The van der Waals surface area contributed by atoms with Gasteiger partial charge in [-0.15, -0.1) is 0 Å². The van der Waals surface area contributed by atoms with Gasteiger partial charge in [-0.2, -0.15) is 0 Å². The van der Waals surface area contributed by atoms with E-state index in [0.717, 1.165) is 60.9 Å². The van der Waals surface area contributed by atoms with Crippen LogP contribution in [0.4, 0.5) is 0 Å². The standard InChI is InChI=1S/C46H30N4/c1-4-13-31(14-5-1)32-23-27-36(28-24-32)45-48-44(35-17-8-3-9-18-35)49-46(50-45)37-29-25-33(26-30-37)38-20-12-21-40-42(38)39-19-10-11-22-41(39)47-43(40)34-15-6-2-7-16-34/h1-30H. The zero-order chi connectivity index (χ0) is 33.3. The summed E-state index contributed by atoms with van der Waals surface area (Å²) in [5.74, 6) is 1.91. The maximum atomic E-state index is 5.13. The zero-order valence-electron chi connectivity index (χ0n) is 27.1. The first-order valence-corrected chi connectivity index (χ1v) is 16.7. The summed E-state index contributed by atoms with van der Waals surface area (Å²) in [4.78, 5) is 20.0. The van der Waals surface area contributed by atoms with Crippen LogP contribution in [0.5, 0.6) is 0 Å². The van der Waals surface area contributed by atoms with Crippen molar-refractivity contribution >= 4 is 21.7 Å². The van der Waals surface area contributed by atoms with Crippen molar-refractivity contribution in [2.75, 3.05) is 0 Å². The van der Waals surface area contributed by atoms with E-state index in [0.29, 0.717) is 17.5 Å². The molecule has 50 heavy (non-hydrogen) atoms. The molecular weight excluding hydrogens is 609 g/mol. The topological polar surface area (TPSA) is 51.6 Å². The van der Waals surface area contributed by atoms with E-state index < -0.39 is 0 Å². The Morgan fingerprint density at radius 3 is 1.28 bits per heavy atom. The molecule has 0 unspecified atom stereocenters. The van der Waals surface area contributed by atoms with Crippen molar-refractivity contribution in [2.45, 2.75) is 0 Å². The Bertz CT molecular complexity index is 2600. The van der Waals surface area contributed by atoms with Crippen molar-refractivity contribution in [3.8, 4) is 67.7 Å². The molecule has 4 nitrogen and oxygen atoms in total. The highest BCUT2D eigenvalue weighted by Crippen LogP contribution is 2.39. The number of hydrogen-bond acceptors (Lipinski definition) is 4. The smallest absolute Gasteiger partial charge is 0.164 e. The lowest BCUT2D eigenvalue weighted by Crippen LogP contribution is -2.00. The fraction of sp³-hybridized carbons (Fsp3) is 0. The monoisotopic (exact) mass is 638 g/mol. The van der Waals surface area contributed by atoms with E-state index in [2.05, 4.69) is 140 Å². The van der Waals surface area contributed by atoms with Crippen LogP contribution in [0.2, 0.25) is 0 Å². The fourth-order valence-corrected chi connectivity index (χ4v) is 6.65. The first kappa shape index (κ1) is 29.4. The second-order valence-electron chi connectivity index (χ2n) is 12.3. The van der Waals surface area contributed by atoms with Gasteiger partial charge in [-0.25, -0.2) is 19.9 Å². The summed E-state index contributed by atoms with van der Waals surface area (Å²) < 4.78 is 0. The third-order valence-corrected chi connectivity index (χ3v) is 9.14. The largest absolute Gasteiger partial charge is 0.247 e. The van der Waals surface area contributed by atoms with Crippen LogP contribution in [-0.4, -0.2) is 19.9 Å². The van der Waals surface area contributed by atoms with Crippen molar-refractivity contribution in [3.63, 3.8) is 0 Å². The molecule has 0 spiro atoms. The summed E-state index contributed by atoms with van der Waals surface area (Å²) in [6, 6.07) is 62.8. The molecular formula is C46H30N4. The number of aromatic nitrogens is 4. The van der Waals surface area contributed by atoms with Crippen LogP contribution >= 0.6 is 0 Å². The minimum Gasteiger partial charge on any atom is -0.247 e. The van der Waals surface area contributed by atoms with E-state index in [1.165, 1.54) is 10.9 Å². The van der Waals surface area contributed by atoms with E-state index in [1.54, 1.807) is 0 Å². The number of para-hydroxylation sites is 1. The number of fused-ring (bicyclic) bond motifs is 3. The second-order valence-corrected chi connectivity index (χ2v) is 12.3. The van der Waals surface area contributed by atoms with Crippen molar-refractivity contribution < 1.29 is 0 Å². The summed E-state index contributed by atoms with van der Waals surface area (Å²) in [5, 5.41) is 3.46. The van der Waals surface area contributed by atoms with E-state index in [9.17, 15) is 0 Å². The third kappa shape index (κ3) is 5.49. The summed E-state index contributed by atoms with van der Waals surface area (Å²) in [7, 11) is 0. The van der Waals surface area contributed by atoms with Crippen LogP contribution in [0.15, 0.2) is 182 Å². The maximum Gasteiger partial charge on any atom is 0.164 e. The maximum absolute atomic E-state index is 5.13. The van der Waals surface area contributed by atoms with Gasteiger partial charge in [0.15, 0.2) is 17.5 Å². The lowest BCUT2D eigenvalue weighted by molar-refractivity contribution is 1.07. The van der Waals surface area contributed by atoms with Crippen LogP contribution in [-0.2, 0) is 0 Å². The molecule has 0 fully saturated rings. The molecule has 0 aliphatic carbocycles. The molecule has 0 bridgehead atoms. The van der Waals surface area contributed by atoms with Crippen molar-refractivity contribution in [1.29, 1.82) is 0 Å². The Morgan fingerprint density at radius 1 is 0.260 bits per heavy atom. The first-order valence-electron chi connectivity index (χ1n) is 16.7. The first-order chi connectivity index (χ1) is 24.8. The number of nitrogens with zero attached hydrogens (tertiary/aromatic N) is 4. The highest BCUT2D eigenvalue weighted by molar-refractivity contribution is 6.17. The van der Waals surface area contributed by atoms with E-state index in [-0.39, 0.29) is 0 Å². The van der Waals surface area contributed by atoms with Gasteiger partial charge in [-0.3, -0.25) is 0 Å². The summed E-state index contributed by atoms with van der Waals surface area (Å²) in [5.41, 5.74) is 10.5. The molecule has 0 saturated carbocycles. The highest BCUT2D eigenvalue weighted by atomic mass is 15.0. The minimum absolute atomic E-state index is 0.631. The molecule has 234 valence electrons. The molecule has 0 aliphatic rings. The molecule has 0 aliphatic heterocycles. The molecule has 2 heterocycles. The predicted molar refractivity (Wildman–Crippen MR) is 205 cm³/mol. The molecule has 0 saturated heterocycles. The quantitative estimate of drug-likeness (QED) is 0.170. The molecule has 2 aromatic heterocycles. The van der Waals surface area contributed by atoms with E-state index >= 15 is 0 Å². The molecule has 0 N–H and O–H groups in total. The van der Waals surface area contributed by atoms with Gasteiger partial charge in [-0.05, 0) is 28.3 Å². The Balaban J connectivity index is 1.15. The summed E-state index contributed by atoms with van der Waals surface area (Å²) in [6.45, 7) is 0. The number of rotatable bonds is 6. The molecule has 9 aromatic rings. The molecule has 0 atom stereocenters. The molecule has 4 heteroatoms. The molecule has 0 radical (unpaired) electrons. The van der Waals surface area contributed by atoms with Gasteiger partial charge in [-0.1, -0.05) is 176 Å². The van der Waals surface area contributed by atoms with Gasteiger partial charge >= 0.3 is 0 Å². The molecule has 9 rings (SSSR count).